The van der Waals surface area contributed by atoms with Gasteiger partial charge in [-0.2, -0.15) is 5.26 Å². The molecule has 10 heteroatoms. The van der Waals surface area contributed by atoms with Crippen LogP contribution in [0.25, 0.3) is 0 Å². The van der Waals surface area contributed by atoms with Gasteiger partial charge >= 0.3 is 0 Å². The van der Waals surface area contributed by atoms with Crippen LogP contribution in [0.2, 0.25) is 0 Å². The summed E-state index contributed by atoms with van der Waals surface area (Å²) in [5, 5.41) is 19.9. The summed E-state index contributed by atoms with van der Waals surface area (Å²) in [7, 11) is 1.71. The van der Waals surface area contributed by atoms with Gasteiger partial charge in [0.2, 0.25) is 5.91 Å². The molecule has 2 saturated heterocycles. The van der Waals surface area contributed by atoms with Gasteiger partial charge in [-0.3, -0.25) is 9.69 Å². The Balaban J connectivity index is 1.26. The SMILES string of the molecule is COC1CCCCC1[C@H](C#N)NC(=O)C1CCCC(NCC(N)N2CCOC3CNCCC3C2N)C1. The lowest BCUT2D eigenvalue weighted by Gasteiger charge is -2.40. The molecule has 4 fully saturated rings. The maximum atomic E-state index is 13.2. The highest BCUT2D eigenvalue weighted by molar-refractivity contribution is 5.79. The fraction of sp³-hybridized carbons (Fsp3) is 0.923. The summed E-state index contributed by atoms with van der Waals surface area (Å²) in [5.41, 5.74) is 13.3. The number of methoxy groups -OCH3 is 1. The first-order valence-corrected chi connectivity index (χ1v) is 14.1. The molecule has 0 radical (unpaired) electrons. The highest BCUT2D eigenvalue weighted by atomic mass is 16.5. The summed E-state index contributed by atoms with van der Waals surface area (Å²) < 4.78 is 11.7. The van der Waals surface area contributed by atoms with Gasteiger partial charge in [-0.15, -0.1) is 0 Å². The Labute approximate surface area is 216 Å². The number of ether oxygens (including phenoxy) is 2. The average Bonchev–Trinajstić information content (AvgIpc) is 3.09. The number of rotatable bonds is 8. The molecule has 0 aromatic heterocycles. The highest BCUT2D eigenvalue weighted by Crippen LogP contribution is 2.30. The summed E-state index contributed by atoms with van der Waals surface area (Å²) in [6, 6.07) is 2.09. The number of hydrogen-bond donors (Lipinski definition) is 5. The zero-order valence-electron chi connectivity index (χ0n) is 21.9. The van der Waals surface area contributed by atoms with E-state index in [-0.39, 0.29) is 54.2 Å². The minimum atomic E-state index is -0.491. The van der Waals surface area contributed by atoms with E-state index < -0.39 is 6.04 Å². The van der Waals surface area contributed by atoms with Crippen LogP contribution in [0.3, 0.4) is 0 Å². The topological polar surface area (TPSA) is 151 Å². The van der Waals surface area contributed by atoms with E-state index in [9.17, 15) is 10.1 Å². The Morgan fingerprint density at radius 2 is 2.08 bits per heavy atom. The van der Waals surface area contributed by atoms with Gasteiger partial charge in [0.25, 0.3) is 0 Å². The van der Waals surface area contributed by atoms with Gasteiger partial charge in [-0.25, -0.2) is 0 Å². The van der Waals surface area contributed by atoms with Crippen molar-refractivity contribution in [1.29, 1.82) is 5.26 Å². The van der Waals surface area contributed by atoms with E-state index in [1.165, 1.54) is 0 Å². The van der Waals surface area contributed by atoms with E-state index in [2.05, 4.69) is 26.9 Å². The third-order valence-corrected chi connectivity index (χ3v) is 8.99. The van der Waals surface area contributed by atoms with Gasteiger partial charge in [0.15, 0.2) is 0 Å². The van der Waals surface area contributed by atoms with Crippen LogP contribution in [0, 0.1) is 29.1 Å². The molecule has 4 rings (SSSR count). The minimum Gasteiger partial charge on any atom is -0.381 e. The number of carbonyl (C=O) groups is 1. The maximum absolute atomic E-state index is 13.2. The van der Waals surface area contributed by atoms with Crippen LogP contribution in [0.15, 0.2) is 0 Å². The number of nitrogens with one attached hydrogen (secondary N) is 3. The zero-order valence-corrected chi connectivity index (χ0v) is 21.9. The van der Waals surface area contributed by atoms with Crippen LogP contribution in [0.5, 0.6) is 0 Å². The van der Waals surface area contributed by atoms with Crippen LogP contribution < -0.4 is 27.4 Å². The first-order valence-electron chi connectivity index (χ1n) is 14.1. The van der Waals surface area contributed by atoms with Crippen LogP contribution in [-0.2, 0) is 14.3 Å². The Kier molecular flexibility index (Phi) is 10.4. The maximum Gasteiger partial charge on any atom is 0.224 e. The molecule has 2 aliphatic carbocycles. The van der Waals surface area contributed by atoms with E-state index in [1.54, 1.807) is 7.11 Å². The van der Waals surface area contributed by atoms with Gasteiger partial charge in [-0.1, -0.05) is 19.3 Å². The molecule has 204 valence electrons. The molecule has 2 saturated carbocycles. The van der Waals surface area contributed by atoms with Crippen LogP contribution in [-0.4, -0.2) is 87.3 Å². The highest BCUT2D eigenvalue weighted by Gasteiger charge is 2.39. The zero-order chi connectivity index (χ0) is 25.5. The van der Waals surface area contributed by atoms with Crippen molar-refractivity contribution in [3.8, 4) is 6.07 Å². The van der Waals surface area contributed by atoms with Gasteiger partial charge < -0.3 is 36.9 Å². The molecule has 36 heavy (non-hydrogen) atoms. The molecule has 0 aromatic rings. The van der Waals surface area contributed by atoms with E-state index in [0.717, 1.165) is 77.4 Å². The number of nitriles is 1. The van der Waals surface area contributed by atoms with E-state index in [1.807, 2.05) is 0 Å². The monoisotopic (exact) mass is 505 g/mol. The number of hydrogen-bond acceptors (Lipinski definition) is 9. The number of fused-ring (bicyclic) bond motifs is 1. The number of carbonyl (C=O) groups excluding carboxylic acids is 1. The van der Waals surface area contributed by atoms with Crippen molar-refractivity contribution in [2.75, 3.05) is 39.9 Å². The van der Waals surface area contributed by atoms with Gasteiger partial charge in [0, 0.05) is 50.5 Å². The molecular formula is C26H47N7O3. The van der Waals surface area contributed by atoms with Crippen molar-refractivity contribution in [2.24, 2.45) is 29.2 Å². The molecule has 2 aliphatic heterocycles. The van der Waals surface area contributed by atoms with Crippen molar-refractivity contribution in [3.63, 3.8) is 0 Å². The van der Waals surface area contributed by atoms with Crippen LogP contribution in [0.1, 0.15) is 57.8 Å². The van der Waals surface area contributed by atoms with Crippen molar-refractivity contribution < 1.29 is 14.3 Å². The molecule has 1 amide bonds. The number of piperidine rings is 1. The molecule has 9 atom stereocenters. The number of amides is 1. The summed E-state index contributed by atoms with van der Waals surface area (Å²) in [4.78, 5) is 15.3. The smallest absolute Gasteiger partial charge is 0.224 e. The molecular weight excluding hydrogens is 458 g/mol. The van der Waals surface area contributed by atoms with Gasteiger partial charge in [-0.05, 0) is 45.1 Å². The van der Waals surface area contributed by atoms with Crippen LogP contribution in [0.4, 0.5) is 0 Å². The van der Waals surface area contributed by atoms with Crippen molar-refractivity contribution in [1.82, 2.24) is 20.9 Å². The fourth-order valence-electron chi connectivity index (χ4n) is 6.84. The largest absolute Gasteiger partial charge is 0.381 e. The molecule has 7 N–H and O–H groups in total. The predicted octanol–water partition coefficient (Wildman–Crippen LogP) is 0.228. The van der Waals surface area contributed by atoms with E-state index in [0.29, 0.717) is 13.2 Å². The summed E-state index contributed by atoms with van der Waals surface area (Å²) in [5.74, 6) is 0.269. The number of nitrogens with zero attached hydrogens (tertiary/aromatic N) is 2. The molecule has 2 heterocycles. The van der Waals surface area contributed by atoms with E-state index in [4.69, 9.17) is 20.9 Å². The molecule has 0 bridgehead atoms. The Hall–Kier alpha value is -1.32. The first kappa shape index (κ1) is 27.7. The summed E-state index contributed by atoms with van der Waals surface area (Å²) in [6.07, 6.45) is 8.59. The Bertz CT molecular complexity index is 750. The third kappa shape index (κ3) is 6.76. The molecule has 0 aromatic carbocycles. The van der Waals surface area contributed by atoms with Crippen molar-refractivity contribution in [2.45, 2.75) is 94.4 Å². The summed E-state index contributed by atoms with van der Waals surface area (Å²) >= 11 is 0. The summed E-state index contributed by atoms with van der Waals surface area (Å²) in [6.45, 7) is 3.81. The van der Waals surface area contributed by atoms with Crippen molar-refractivity contribution in [3.05, 3.63) is 0 Å². The standard InChI is InChI=1S/C26H47N7O3/c1-35-22-8-3-2-7-19(22)21(14-27)32-26(34)17-5-4-6-18(13-17)31-16-24(28)33-11-12-36-23-15-30-10-9-20(23)25(33)29/h17-25,30-31H,2-13,15-16,28-29H2,1H3,(H,32,34)/t17?,18?,19?,20?,21-,22?,23?,24?,25?/m0/s1. The second-order valence-corrected chi connectivity index (χ2v) is 11.2. The Morgan fingerprint density at radius 1 is 1.25 bits per heavy atom. The predicted molar refractivity (Wildman–Crippen MR) is 137 cm³/mol. The minimum absolute atomic E-state index is 0.00131. The van der Waals surface area contributed by atoms with Crippen molar-refractivity contribution >= 4 is 5.91 Å². The fourth-order valence-corrected chi connectivity index (χ4v) is 6.84. The average molecular weight is 506 g/mol. The lowest BCUT2D eigenvalue weighted by Crippen LogP contribution is -2.61. The lowest BCUT2D eigenvalue weighted by molar-refractivity contribution is -0.127. The normalized spacial score (nSPS) is 37.7. The molecule has 0 spiro atoms. The second kappa shape index (κ2) is 13.5. The quantitative estimate of drug-likeness (QED) is 0.312. The lowest BCUT2D eigenvalue weighted by atomic mass is 9.80. The van der Waals surface area contributed by atoms with Gasteiger partial charge in [0.05, 0.1) is 37.2 Å². The van der Waals surface area contributed by atoms with Gasteiger partial charge in [0.1, 0.15) is 6.04 Å². The van der Waals surface area contributed by atoms with Crippen LogP contribution >= 0.6 is 0 Å². The molecule has 4 aliphatic rings. The first-order chi connectivity index (χ1) is 17.5. The Morgan fingerprint density at radius 3 is 2.89 bits per heavy atom. The second-order valence-electron chi connectivity index (χ2n) is 11.2. The van der Waals surface area contributed by atoms with E-state index >= 15 is 0 Å². The molecule has 8 unspecified atom stereocenters. The molecule has 10 nitrogen and oxygen atoms in total. The third-order valence-electron chi connectivity index (χ3n) is 8.99. The number of nitrogens with two attached hydrogens (primary N) is 2.